The number of carbonyl (C=O) groups is 1. The number of nitrogens with two attached hydrogens (primary N) is 1. The van der Waals surface area contributed by atoms with Crippen LogP contribution < -0.4 is 20.6 Å². The highest BCUT2D eigenvalue weighted by molar-refractivity contribution is 7.17. The Bertz CT molecular complexity index is 1080. The van der Waals surface area contributed by atoms with Crippen LogP contribution in [0.3, 0.4) is 0 Å². The number of nitrogens with one attached hydrogen (secondary N) is 1. The summed E-state index contributed by atoms with van der Waals surface area (Å²) in [7, 11) is 0. The predicted octanol–water partition coefficient (Wildman–Crippen LogP) is 4.34. The van der Waals surface area contributed by atoms with Gasteiger partial charge in [-0.05, 0) is 55.2 Å². The van der Waals surface area contributed by atoms with Gasteiger partial charge in [0.15, 0.2) is 16.6 Å². The second kappa shape index (κ2) is 10.6. The fraction of sp³-hybridized carbons (Fsp3) is 0.261. The molecule has 0 aliphatic rings. The number of anilines is 1. The van der Waals surface area contributed by atoms with Gasteiger partial charge in [-0.2, -0.15) is 5.10 Å². The van der Waals surface area contributed by atoms with Gasteiger partial charge in [0.05, 0.1) is 18.5 Å². The zero-order valence-corrected chi connectivity index (χ0v) is 18.7. The van der Waals surface area contributed by atoms with Crippen molar-refractivity contribution in [2.45, 2.75) is 33.8 Å². The number of rotatable bonds is 9. The molecule has 0 fully saturated rings. The number of nitrogen functional groups attached to an aromatic ring is 1. The van der Waals surface area contributed by atoms with Gasteiger partial charge in [-0.25, -0.2) is 10.4 Å². The standard InChI is InChI=1S/C23H26N4O3S/c1-4-18-21(31-23(24)26-18)22(28)27-25-13-16-10-11-19(20(12-16)29-5-2)30-14-17-9-7-6-8-15(17)3/h6-13H,4-5,14H2,1-3H3,(H2,24,26)(H,27,28). The first-order valence-corrected chi connectivity index (χ1v) is 10.9. The molecule has 7 nitrogen and oxygen atoms in total. The molecule has 0 aliphatic heterocycles. The molecule has 1 aromatic heterocycles. The third-order valence-electron chi connectivity index (χ3n) is 4.55. The summed E-state index contributed by atoms with van der Waals surface area (Å²) in [6.45, 7) is 6.85. The van der Waals surface area contributed by atoms with Crippen LogP contribution in [0.4, 0.5) is 5.13 Å². The summed E-state index contributed by atoms with van der Waals surface area (Å²) < 4.78 is 11.7. The largest absolute Gasteiger partial charge is 0.490 e. The lowest BCUT2D eigenvalue weighted by atomic mass is 10.1. The first kappa shape index (κ1) is 22.3. The SMILES string of the molecule is CCOc1cc(C=NNC(=O)c2sc(N)nc2CC)ccc1OCc1ccccc1C. The van der Waals surface area contributed by atoms with Gasteiger partial charge in [-0.1, -0.05) is 42.5 Å². The summed E-state index contributed by atoms with van der Waals surface area (Å²) in [6.07, 6.45) is 2.18. The molecule has 2 aromatic carbocycles. The lowest BCUT2D eigenvalue weighted by molar-refractivity contribution is 0.0958. The molecule has 31 heavy (non-hydrogen) atoms. The molecule has 8 heteroatoms. The number of aryl methyl sites for hydroxylation is 2. The number of thiazole rings is 1. The first-order valence-electron chi connectivity index (χ1n) is 10.0. The molecule has 0 unspecified atom stereocenters. The van der Waals surface area contributed by atoms with Crippen LogP contribution in [0.2, 0.25) is 0 Å². The van der Waals surface area contributed by atoms with Crippen molar-refractivity contribution in [2.24, 2.45) is 5.10 Å². The van der Waals surface area contributed by atoms with Crippen LogP contribution in [0.15, 0.2) is 47.6 Å². The number of aromatic nitrogens is 1. The van der Waals surface area contributed by atoms with Crippen LogP contribution in [0.25, 0.3) is 0 Å². The zero-order chi connectivity index (χ0) is 22.2. The fourth-order valence-corrected chi connectivity index (χ4v) is 3.73. The predicted molar refractivity (Wildman–Crippen MR) is 124 cm³/mol. The van der Waals surface area contributed by atoms with Crippen LogP contribution in [-0.2, 0) is 13.0 Å². The van der Waals surface area contributed by atoms with Crippen molar-refractivity contribution in [3.63, 3.8) is 0 Å². The minimum atomic E-state index is -0.328. The highest BCUT2D eigenvalue weighted by atomic mass is 32.1. The Kier molecular flexibility index (Phi) is 7.61. The van der Waals surface area contributed by atoms with Crippen LogP contribution in [0, 0.1) is 6.92 Å². The first-order chi connectivity index (χ1) is 15.0. The molecule has 0 spiro atoms. The number of nitrogens with zero attached hydrogens (tertiary/aromatic N) is 2. The van der Waals surface area contributed by atoms with Crippen LogP contribution >= 0.6 is 11.3 Å². The maximum absolute atomic E-state index is 12.3. The summed E-state index contributed by atoms with van der Waals surface area (Å²) in [5.74, 6) is 0.944. The maximum atomic E-state index is 12.3. The monoisotopic (exact) mass is 438 g/mol. The average molecular weight is 439 g/mol. The molecule has 162 valence electrons. The van der Waals surface area contributed by atoms with Crippen molar-refractivity contribution >= 4 is 28.6 Å². The van der Waals surface area contributed by atoms with E-state index in [4.69, 9.17) is 15.2 Å². The molecule has 0 saturated carbocycles. The topological polar surface area (TPSA) is 98.8 Å². The van der Waals surface area contributed by atoms with Crippen molar-refractivity contribution in [3.8, 4) is 11.5 Å². The minimum absolute atomic E-state index is 0.328. The van der Waals surface area contributed by atoms with E-state index in [2.05, 4.69) is 28.5 Å². The normalized spacial score (nSPS) is 10.9. The van der Waals surface area contributed by atoms with Gasteiger partial charge < -0.3 is 15.2 Å². The summed E-state index contributed by atoms with van der Waals surface area (Å²) in [5, 5.41) is 4.42. The Morgan fingerprint density at radius 1 is 1.19 bits per heavy atom. The highest BCUT2D eigenvalue weighted by Gasteiger charge is 2.15. The number of carbonyl (C=O) groups excluding carboxylic acids is 1. The molecule has 0 saturated heterocycles. The van der Waals surface area contributed by atoms with E-state index in [0.29, 0.717) is 46.8 Å². The van der Waals surface area contributed by atoms with Gasteiger partial charge in [-0.3, -0.25) is 4.79 Å². The third kappa shape index (κ3) is 5.82. The second-order valence-electron chi connectivity index (χ2n) is 6.73. The Morgan fingerprint density at radius 2 is 2.00 bits per heavy atom. The fourth-order valence-electron chi connectivity index (χ4n) is 2.92. The van der Waals surface area contributed by atoms with Gasteiger partial charge in [0.2, 0.25) is 0 Å². The molecule has 3 rings (SSSR count). The van der Waals surface area contributed by atoms with Crippen molar-refractivity contribution in [1.82, 2.24) is 10.4 Å². The molecular weight excluding hydrogens is 412 g/mol. The molecule has 1 amide bonds. The lowest BCUT2D eigenvalue weighted by Gasteiger charge is -2.13. The lowest BCUT2D eigenvalue weighted by Crippen LogP contribution is -2.17. The van der Waals surface area contributed by atoms with E-state index in [1.54, 1.807) is 6.21 Å². The van der Waals surface area contributed by atoms with Crippen molar-refractivity contribution in [3.05, 3.63) is 69.7 Å². The van der Waals surface area contributed by atoms with Gasteiger partial charge in [0, 0.05) is 0 Å². The molecule has 0 bridgehead atoms. The number of amides is 1. The van der Waals surface area contributed by atoms with Crippen LogP contribution in [0.5, 0.6) is 11.5 Å². The van der Waals surface area contributed by atoms with Crippen molar-refractivity contribution in [1.29, 1.82) is 0 Å². The zero-order valence-electron chi connectivity index (χ0n) is 17.8. The number of ether oxygens (including phenoxy) is 2. The van der Waals surface area contributed by atoms with E-state index < -0.39 is 0 Å². The van der Waals surface area contributed by atoms with Gasteiger partial charge in [0.25, 0.3) is 5.91 Å². The van der Waals surface area contributed by atoms with Gasteiger partial charge in [-0.15, -0.1) is 0 Å². The van der Waals surface area contributed by atoms with E-state index in [1.165, 1.54) is 5.56 Å². The number of hydrogen-bond acceptors (Lipinski definition) is 7. The van der Waals surface area contributed by atoms with E-state index in [0.717, 1.165) is 22.5 Å². The Labute approximate surface area is 185 Å². The minimum Gasteiger partial charge on any atom is -0.490 e. The Balaban J connectivity index is 1.68. The van der Waals surface area contributed by atoms with Gasteiger partial charge >= 0.3 is 0 Å². The molecule has 0 radical (unpaired) electrons. The Hall–Kier alpha value is -3.39. The number of hydrazone groups is 1. The molecule has 0 atom stereocenters. The third-order valence-corrected chi connectivity index (χ3v) is 5.47. The summed E-state index contributed by atoms with van der Waals surface area (Å²) in [6, 6.07) is 13.6. The summed E-state index contributed by atoms with van der Waals surface area (Å²) in [5.41, 5.74) is 12.0. The molecule has 3 aromatic rings. The molecule has 3 N–H and O–H groups in total. The summed E-state index contributed by atoms with van der Waals surface area (Å²) >= 11 is 1.15. The Morgan fingerprint density at radius 3 is 2.74 bits per heavy atom. The number of hydrogen-bond donors (Lipinski definition) is 2. The summed E-state index contributed by atoms with van der Waals surface area (Å²) in [4.78, 5) is 17.0. The van der Waals surface area contributed by atoms with E-state index in [-0.39, 0.29) is 5.91 Å². The van der Waals surface area contributed by atoms with Gasteiger partial charge in [0.1, 0.15) is 11.5 Å². The number of benzene rings is 2. The molecule has 0 aliphatic carbocycles. The average Bonchev–Trinajstić information content (AvgIpc) is 3.15. The van der Waals surface area contributed by atoms with E-state index in [9.17, 15) is 4.79 Å². The highest BCUT2D eigenvalue weighted by Crippen LogP contribution is 2.29. The van der Waals surface area contributed by atoms with Crippen molar-refractivity contribution < 1.29 is 14.3 Å². The molecular formula is C23H26N4O3S. The van der Waals surface area contributed by atoms with Crippen molar-refractivity contribution in [2.75, 3.05) is 12.3 Å². The quantitative estimate of drug-likeness (QED) is 0.382. The molecule has 1 heterocycles. The maximum Gasteiger partial charge on any atom is 0.283 e. The van der Waals surface area contributed by atoms with E-state index in [1.807, 2.05) is 50.2 Å². The van der Waals surface area contributed by atoms with E-state index >= 15 is 0 Å². The van der Waals surface area contributed by atoms with Crippen LogP contribution in [-0.4, -0.2) is 23.7 Å². The smallest absolute Gasteiger partial charge is 0.283 e. The van der Waals surface area contributed by atoms with Crippen LogP contribution in [0.1, 0.15) is 45.9 Å². The second-order valence-corrected chi connectivity index (χ2v) is 7.77.